The molecule has 4 nitrogen and oxygen atoms in total. The molecule has 3 aromatic rings. The van der Waals surface area contributed by atoms with E-state index in [9.17, 15) is 0 Å². The quantitative estimate of drug-likeness (QED) is 0.638. The molecule has 0 unspecified atom stereocenters. The third kappa shape index (κ3) is 7.81. The molecule has 0 saturated carbocycles. The van der Waals surface area contributed by atoms with E-state index in [-0.39, 0.29) is 0 Å². The Morgan fingerprint density at radius 3 is 1.17 bits per heavy atom. The van der Waals surface area contributed by atoms with Crippen molar-refractivity contribution in [2.45, 2.75) is 27.2 Å². The van der Waals surface area contributed by atoms with Crippen LogP contribution in [0.3, 0.4) is 0 Å². The minimum Gasteiger partial charge on any atom is -0.550 e. The first-order valence-electron chi connectivity index (χ1n) is 9.76. The summed E-state index contributed by atoms with van der Waals surface area (Å²) < 4.78 is 0. The van der Waals surface area contributed by atoms with Crippen LogP contribution in [0.2, 0.25) is 0 Å². The van der Waals surface area contributed by atoms with Crippen molar-refractivity contribution < 1.29 is 19.8 Å². The fourth-order valence-electron chi connectivity index (χ4n) is 3.22. The predicted octanol–water partition coefficient (Wildman–Crippen LogP) is 3.24. The van der Waals surface area contributed by atoms with Gasteiger partial charge >= 0.3 is 0 Å². The minimum atomic E-state index is -1.55. The molecule has 0 bridgehead atoms. The largest absolute Gasteiger partial charge is 0.550 e. The van der Waals surface area contributed by atoms with Crippen molar-refractivity contribution >= 4 is 35.1 Å². The fraction of sp³-hybridized carbons (Fsp3) is 0.200. The van der Waals surface area contributed by atoms with Crippen LogP contribution >= 0.6 is 7.26 Å². The van der Waals surface area contributed by atoms with Crippen LogP contribution in [0.5, 0.6) is 0 Å². The van der Waals surface area contributed by atoms with Gasteiger partial charge in [0.15, 0.2) is 0 Å². The van der Waals surface area contributed by atoms with Gasteiger partial charge in [-0.3, -0.25) is 4.79 Å². The molecule has 0 saturated heterocycles. The topological polar surface area (TPSA) is 77.4 Å². The average molecular weight is 424 g/mol. The molecule has 1 N–H and O–H groups in total. The molecule has 5 heteroatoms. The van der Waals surface area contributed by atoms with E-state index in [0.29, 0.717) is 0 Å². The SMILES string of the molecule is CC(=O)O.CC(=O)[O-].CCC[P+](c1ccccc1)(c1ccccc1)c1ccccc1. The van der Waals surface area contributed by atoms with Crippen LogP contribution in [-0.2, 0) is 9.59 Å². The maximum Gasteiger partial charge on any atom is 0.300 e. The van der Waals surface area contributed by atoms with E-state index in [1.165, 1.54) is 28.5 Å². The third-order valence-corrected chi connectivity index (χ3v) is 8.81. The number of aliphatic carboxylic acids is 2. The lowest BCUT2D eigenvalue weighted by atomic mass is 10.4. The van der Waals surface area contributed by atoms with Crippen molar-refractivity contribution in [2.24, 2.45) is 0 Å². The molecular weight excluding hydrogens is 395 g/mol. The van der Waals surface area contributed by atoms with Crippen LogP contribution in [-0.4, -0.2) is 23.2 Å². The van der Waals surface area contributed by atoms with Crippen molar-refractivity contribution in [3.63, 3.8) is 0 Å². The zero-order chi connectivity index (χ0) is 22.4. The van der Waals surface area contributed by atoms with Crippen LogP contribution in [0.1, 0.15) is 27.2 Å². The van der Waals surface area contributed by atoms with Crippen molar-refractivity contribution in [3.8, 4) is 0 Å². The maximum absolute atomic E-state index is 9.00. The lowest BCUT2D eigenvalue weighted by Gasteiger charge is -2.27. The van der Waals surface area contributed by atoms with Gasteiger partial charge in [-0.15, -0.1) is 0 Å². The summed E-state index contributed by atoms with van der Waals surface area (Å²) in [5.74, 6) is -1.92. The summed E-state index contributed by atoms with van der Waals surface area (Å²) in [6.07, 6.45) is 2.40. The Morgan fingerprint density at radius 2 is 0.967 bits per heavy atom. The smallest absolute Gasteiger partial charge is 0.300 e. The highest BCUT2D eigenvalue weighted by molar-refractivity contribution is 7.95. The number of benzene rings is 3. The Bertz CT molecular complexity index is 764. The number of hydrogen-bond donors (Lipinski definition) is 1. The zero-order valence-corrected chi connectivity index (χ0v) is 18.6. The molecule has 0 radical (unpaired) electrons. The van der Waals surface area contributed by atoms with Gasteiger partial charge in [0.25, 0.3) is 5.97 Å². The Kier molecular flexibility index (Phi) is 11.1. The molecule has 158 valence electrons. The molecule has 0 aliphatic heterocycles. The molecule has 3 aromatic carbocycles. The van der Waals surface area contributed by atoms with Gasteiger partial charge in [-0.25, -0.2) is 0 Å². The second-order valence-corrected chi connectivity index (χ2v) is 10.2. The van der Waals surface area contributed by atoms with E-state index in [0.717, 1.165) is 13.8 Å². The number of rotatable bonds is 5. The molecule has 3 rings (SSSR count). The monoisotopic (exact) mass is 424 g/mol. The Morgan fingerprint density at radius 1 is 0.733 bits per heavy atom. The molecule has 0 fully saturated rings. The zero-order valence-electron chi connectivity index (χ0n) is 17.7. The Labute approximate surface area is 179 Å². The number of hydrogen-bond acceptors (Lipinski definition) is 3. The molecule has 0 heterocycles. The normalized spacial score (nSPS) is 9.97. The van der Waals surface area contributed by atoms with Crippen LogP contribution in [0, 0.1) is 0 Å². The number of carbonyl (C=O) groups is 2. The second-order valence-electron chi connectivity index (χ2n) is 6.55. The van der Waals surface area contributed by atoms with Crippen molar-refractivity contribution in [1.82, 2.24) is 0 Å². The van der Waals surface area contributed by atoms with E-state index >= 15 is 0 Å². The first-order chi connectivity index (χ1) is 14.3. The number of carbonyl (C=O) groups excluding carboxylic acids is 1. The molecule has 0 aliphatic carbocycles. The average Bonchev–Trinajstić information content (AvgIpc) is 2.73. The lowest BCUT2D eigenvalue weighted by Crippen LogP contribution is -2.33. The highest BCUT2D eigenvalue weighted by Crippen LogP contribution is 2.55. The number of carboxylic acids is 2. The molecule has 0 spiro atoms. The second kappa shape index (κ2) is 13.3. The molecule has 0 aliphatic rings. The minimum absolute atomic E-state index is 0.833. The van der Waals surface area contributed by atoms with Gasteiger partial charge in [0, 0.05) is 12.9 Å². The van der Waals surface area contributed by atoms with Crippen LogP contribution < -0.4 is 21.0 Å². The van der Waals surface area contributed by atoms with Crippen LogP contribution in [0.15, 0.2) is 91.0 Å². The summed E-state index contributed by atoms with van der Waals surface area (Å²) in [7, 11) is -1.55. The first-order valence-corrected chi connectivity index (χ1v) is 11.7. The fourth-order valence-corrected chi connectivity index (χ4v) is 7.60. The summed E-state index contributed by atoms with van der Waals surface area (Å²) in [4.78, 5) is 17.9. The van der Waals surface area contributed by atoms with Gasteiger partial charge < -0.3 is 15.0 Å². The molecule has 0 atom stereocenters. The van der Waals surface area contributed by atoms with Gasteiger partial charge in [0.05, 0.1) is 6.16 Å². The summed E-state index contributed by atoms with van der Waals surface area (Å²) in [5, 5.41) is 20.7. The molecular formula is C25H29O4P. The number of carboxylic acid groups (broad SMARTS) is 2. The third-order valence-electron chi connectivity index (χ3n) is 4.15. The lowest BCUT2D eigenvalue weighted by molar-refractivity contribution is -0.302. The van der Waals surface area contributed by atoms with Crippen molar-refractivity contribution in [2.75, 3.05) is 6.16 Å². The Hall–Kier alpha value is -2.97. The van der Waals surface area contributed by atoms with Gasteiger partial charge in [-0.2, -0.15) is 0 Å². The van der Waals surface area contributed by atoms with E-state index in [1.54, 1.807) is 0 Å². The predicted molar refractivity (Wildman–Crippen MR) is 124 cm³/mol. The molecule has 0 aromatic heterocycles. The first kappa shape index (κ1) is 25.1. The highest BCUT2D eigenvalue weighted by Gasteiger charge is 2.43. The standard InChI is InChI=1S/C21H22P.2C2H4O2/c1-2-18-22(19-12-6-3-7-13-19,20-14-8-4-9-15-20)21-16-10-5-11-17-21;2*1-2(3)4/h3-17H,2,18H2,1H3;2*1H3,(H,3,4)/q+1;;/p-1. The molecule has 0 amide bonds. The Balaban J connectivity index is 0.000000485. The summed E-state index contributed by atoms with van der Waals surface area (Å²) in [6, 6.07) is 33.2. The van der Waals surface area contributed by atoms with E-state index in [2.05, 4.69) is 97.9 Å². The molecule has 30 heavy (non-hydrogen) atoms. The summed E-state index contributed by atoms with van der Waals surface area (Å²) >= 11 is 0. The van der Waals surface area contributed by atoms with Crippen LogP contribution in [0.4, 0.5) is 0 Å². The van der Waals surface area contributed by atoms with E-state index in [1.807, 2.05) is 0 Å². The van der Waals surface area contributed by atoms with Crippen molar-refractivity contribution in [3.05, 3.63) is 91.0 Å². The van der Waals surface area contributed by atoms with Crippen LogP contribution in [0.25, 0.3) is 0 Å². The van der Waals surface area contributed by atoms with Crippen molar-refractivity contribution in [1.29, 1.82) is 0 Å². The summed E-state index contributed by atoms with van der Waals surface area (Å²) in [6.45, 7) is 4.35. The summed E-state index contributed by atoms with van der Waals surface area (Å²) in [5.41, 5.74) is 0. The highest BCUT2D eigenvalue weighted by atomic mass is 31.2. The van der Waals surface area contributed by atoms with E-state index in [4.69, 9.17) is 19.8 Å². The maximum atomic E-state index is 9.00. The van der Waals surface area contributed by atoms with E-state index < -0.39 is 19.2 Å². The van der Waals surface area contributed by atoms with Gasteiger partial charge in [-0.1, -0.05) is 61.5 Å². The van der Waals surface area contributed by atoms with Gasteiger partial charge in [-0.05, 0) is 49.7 Å². The van der Waals surface area contributed by atoms with Gasteiger partial charge in [0.1, 0.15) is 23.2 Å². The van der Waals surface area contributed by atoms with Gasteiger partial charge in [0.2, 0.25) is 0 Å².